The van der Waals surface area contributed by atoms with Crippen LogP contribution in [0.4, 0.5) is 0 Å². The zero-order valence-corrected chi connectivity index (χ0v) is 12.0. The van der Waals surface area contributed by atoms with E-state index in [1.165, 1.54) is 7.11 Å². The lowest BCUT2D eigenvalue weighted by Crippen LogP contribution is -2.23. The highest BCUT2D eigenvalue weighted by Crippen LogP contribution is 2.32. The van der Waals surface area contributed by atoms with Crippen LogP contribution in [0.1, 0.15) is 12.0 Å². The van der Waals surface area contributed by atoms with E-state index in [0.717, 1.165) is 12.1 Å². The molecule has 0 aromatic heterocycles. The molecule has 0 spiro atoms. The van der Waals surface area contributed by atoms with Crippen molar-refractivity contribution in [1.29, 1.82) is 0 Å². The molecule has 4 nitrogen and oxygen atoms in total. The Morgan fingerprint density at radius 2 is 2.21 bits per heavy atom. The predicted molar refractivity (Wildman–Crippen MR) is 74.0 cm³/mol. The third-order valence-electron chi connectivity index (χ3n) is 3.34. The molecule has 2 rings (SSSR count). The van der Waals surface area contributed by atoms with Crippen LogP contribution in [0.2, 0.25) is 10.0 Å². The second kappa shape index (κ2) is 5.99. The number of benzene rings is 1. The lowest BCUT2D eigenvalue weighted by Gasteiger charge is -2.17. The Hall–Kier alpha value is -0.970. The number of hydrogen-bond acceptors (Lipinski definition) is 3. The fourth-order valence-electron chi connectivity index (χ4n) is 2.27. The smallest absolute Gasteiger partial charge is 0.307 e. The van der Waals surface area contributed by atoms with Crippen molar-refractivity contribution in [2.24, 2.45) is 5.92 Å². The van der Waals surface area contributed by atoms with Crippen LogP contribution < -0.4 is 4.74 Å². The maximum absolute atomic E-state index is 10.9. The largest absolute Gasteiger partial charge is 0.495 e. The molecule has 104 valence electrons. The number of halogens is 2. The van der Waals surface area contributed by atoms with Crippen molar-refractivity contribution in [3.8, 4) is 5.75 Å². The van der Waals surface area contributed by atoms with Gasteiger partial charge in [-0.2, -0.15) is 0 Å². The summed E-state index contributed by atoms with van der Waals surface area (Å²) in [7, 11) is 1.54. The minimum Gasteiger partial charge on any atom is -0.495 e. The molecule has 1 aliphatic rings. The van der Waals surface area contributed by atoms with Gasteiger partial charge in [-0.3, -0.25) is 9.69 Å². The monoisotopic (exact) mass is 303 g/mol. The first-order chi connectivity index (χ1) is 9.01. The van der Waals surface area contributed by atoms with Gasteiger partial charge >= 0.3 is 5.97 Å². The molecule has 1 aromatic carbocycles. The van der Waals surface area contributed by atoms with E-state index >= 15 is 0 Å². The van der Waals surface area contributed by atoms with Crippen LogP contribution >= 0.6 is 23.2 Å². The topological polar surface area (TPSA) is 49.8 Å². The van der Waals surface area contributed by atoms with E-state index in [2.05, 4.69) is 4.90 Å². The molecule has 1 unspecified atom stereocenters. The van der Waals surface area contributed by atoms with E-state index in [9.17, 15) is 4.79 Å². The van der Waals surface area contributed by atoms with E-state index in [0.29, 0.717) is 35.3 Å². The van der Waals surface area contributed by atoms with Gasteiger partial charge in [-0.15, -0.1) is 0 Å². The van der Waals surface area contributed by atoms with Gasteiger partial charge in [0, 0.05) is 24.2 Å². The van der Waals surface area contributed by atoms with Gasteiger partial charge in [0.25, 0.3) is 0 Å². The number of rotatable bonds is 4. The first-order valence-electron chi connectivity index (χ1n) is 5.98. The second-order valence-corrected chi connectivity index (χ2v) is 5.45. The second-order valence-electron chi connectivity index (χ2n) is 4.64. The summed E-state index contributed by atoms with van der Waals surface area (Å²) in [5.74, 6) is -0.478. The van der Waals surface area contributed by atoms with Crippen molar-refractivity contribution in [2.75, 3.05) is 20.2 Å². The quantitative estimate of drug-likeness (QED) is 0.929. The molecule has 1 saturated heterocycles. The number of aliphatic carboxylic acids is 1. The van der Waals surface area contributed by atoms with Crippen LogP contribution in [0.5, 0.6) is 5.75 Å². The zero-order valence-electron chi connectivity index (χ0n) is 10.5. The standard InChI is InChI=1S/C13H15Cl2NO3/c1-19-12-5-10(14)9(4-11(12)15)7-16-3-2-8(6-16)13(17)18/h4-5,8H,2-3,6-7H2,1H3,(H,17,18). The zero-order chi connectivity index (χ0) is 14.0. The Morgan fingerprint density at radius 3 is 2.79 bits per heavy atom. The van der Waals surface area contributed by atoms with Crippen molar-refractivity contribution in [3.05, 3.63) is 27.7 Å². The molecular weight excluding hydrogens is 289 g/mol. The summed E-state index contributed by atoms with van der Waals surface area (Å²) in [5, 5.41) is 10.1. The minimum atomic E-state index is -0.735. The van der Waals surface area contributed by atoms with Crippen LogP contribution in [0.15, 0.2) is 12.1 Å². The average Bonchev–Trinajstić information content (AvgIpc) is 2.82. The van der Waals surface area contributed by atoms with Crippen molar-refractivity contribution >= 4 is 29.2 Å². The fourth-order valence-corrected chi connectivity index (χ4v) is 2.74. The molecule has 0 bridgehead atoms. The number of carboxylic acid groups (broad SMARTS) is 1. The summed E-state index contributed by atoms with van der Waals surface area (Å²) in [6.07, 6.45) is 0.677. The predicted octanol–water partition coefficient (Wildman–Crippen LogP) is 2.91. The number of ether oxygens (including phenoxy) is 1. The number of likely N-dealkylation sites (tertiary alicyclic amines) is 1. The highest BCUT2D eigenvalue weighted by molar-refractivity contribution is 6.34. The van der Waals surface area contributed by atoms with E-state index in [4.69, 9.17) is 33.0 Å². The normalized spacial score (nSPS) is 19.6. The van der Waals surface area contributed by atoms with Gasteiger partial charge < -0.3 is 9.84 Å². The van der Waals surface area contributed by atoms with Crippen LogP contribution in [-0.4, -0.2) is 36.2 Å². The van der Waals surface area contributed by atoms with Crippen LogP contribution in [-0.2, 0) is 11.3 Å². The molecule has 19 heavy (non-hydrogen) atoms. The lowest BCUT2D eigenvalue weighted by molar-refractivity contribution is -0.141. The summed E-state index contributed by atoms with van der Waals surface area (Å²) >= 11 is 12.2. The van der Waals surface area contributed by atoms with Crippen molar-refractivity contribution in [2.45, 2.75) is 13.0 Å². The third kappa shape index (κ3) is 3.32. The minimum absolute atomic E-state index is 0.285. The summed E-state index contributed by atoms with van der Waals surface area (Å²) in [4.78, 5) is 13.0. The summed E-state index contributed by atoms with van der Waals surface area (Å²) < 4.78 is 5.09. The van der Waals surface area contributed by atoms with Crippen molar-refractivity contribution in [1.82, 2.24) is 4.90 Å². The molecule has 0 saturated carbocycles. The number of hydrogen-bond donors (Lipinski definition) is 1. The molecule has 1 fully saturated rings. The van der Waals surface area contributed by atoms with Gasteiger partial charge in [-0.1, -0.05) is 23.2 Å². The molecule has 1 atom stereocenters. The summed E-state index contributed by atoms with van der Waals surface area (Å²) in [6, 6.07) is 3.46. The molecular formula is C13H15Cl2NO3. The van der Waals surface area contributed by atoms with Crippen molar-refractivity contribution in [3.63, 3.8) is 0 Å². The third-order valence-corrected chi connectivity index (χ3v) is 3.98. The molecule has 1 aliphatic heterocycles. The Morgan fingerprint density at radius 1 is 1.47 bits per heavy atom. The Kier molecular flexibility index (Phi) is 4.55. The number of nitrogens with zero attached hydrogens (tertiary/aromatic N) is 1. The van der Waals surface area contributed by atoms with Gasteiger partial charge in [-0.05, 0) is 24.6 Å². The van der Waals surface area contributed by atoms with Gasteiger partial charge in [0.1, 0.15) is 5.75 Å². The SMILES string of the molecule is COc1cc(Cl)c(CN2CCC(C(=O)O)C2)cc1Cl. The lowest BCUT2D eigenvalue weighted by atomic mass is 10.1. The Labute approximate surface area is 121 Å². The highest BCUT2D eigenvalue weighted by Gasteiger charge is 2.28. The van der Waals surface area contributed by atoms with Crippen LogP contribution in [0.25, 0.3) is 0 Å². The van der Waals surface area contributed by atoms with E-state index in [1.54, 1.807) is 12.1 Å². The summed E-state index contributed by atoms with van der Waals surface area (Å²) in [6.45, 7) is 1.92. The Balaban J connectivity index is 2.08. The molecule has 1 heterocycles. The van der Waals surface area contributed by atoms with Gasteiger partial charge in [0.15, 0.2) is 0 Å². The van der Waals surface area contributed by atoms with Gasteiger partial charge in [-0.25, -0.2) is 0 Å². The Bertz CT molecular complexity index is 493. The van der Waals surface area contributed by atoms with E-state index in [1.807, 2.05) is 0 Å². The summed E-state index contributed by atoms with van der Waals surface area (Å²) in [5.41, 5.74) is 0.888. The molecule has 6 heteroatoms. The van der Waals surface area contributed by atoms with Gasteiger partial charge in [0.05, 0.1) is 18.1 Å². The number of carbonyl (C=O) groups is 1. The molecule has 0 aliphatic carbocycles. The molecule has 0 amide bonds. The first-order valence-corrected chi connectivity index (χ1v) is 6.74. The van der Waals surface area contributed by atoms with Gasteiger partial charge in [0.2, 0.25) is 0 Å². The van der Waals surface area contributed by atoms with E-state index < -0.39 is 5.97 Å². The first kappa shape index (κ1) is 14.4. The highest BCUT2D eigenvalue weighted by atomic mass is 35.5. The molecule has 1 N–H and O–H groups in total. The van der Waals surface area contributed by atoms with Crippen molar-refractivity contribution < 1.29 is 14.6 Å². The number of carboxylic acids is 1. The molecule has 1 aromatic rings. The average molecular weight is 304 g/mol. The van der Waals surface area contributed by atoms with E-state index in [-0.39, 0.29) is 5.92 Å². The maximum Gasteiger partial charge on any atom is 0.307 e. The number of methoxy groups -OCH3 is 1. The fraction of sp³-hybridized carbons (Fsp3) is 0.462. The van der Waals surface area contributed by atoms with Crippen LogP contribution in [0, 0.1) is 5.92 Å². The maximum atomic E-state index is 10.9. The van der Waals surface area contributed by atoms with Crippen LogP contribution in [0.3, 0.4) is 0 Å². The molecule has 0 radical (unpaired) electrons.